The zero-order valence-electron chi connectivity index (χ0n) is 14.5. The van der Waals surface area contributed by atoms with Crippen molar-refractivity contribution in [2.75, 3.05) is 18.5 Å². The molecule has 2 amide bonds. The van der Waals surface area contributed by atoms with Crippen molar-refractivity contribution in [3.05, 3.63) is 29.8 Å². The van der Waals surface area contributed by atoms with Gasteiger partial charge in [0.1, 0.15) is 6.10 Å². The van der Waals surface area contributed by atoms with Gasteiger partial charge in [0.05, 0.1) is 0 Å². The molecule has 2 aliphatic rings. The van der Waals surface area contributed by atoms with Crippen LogP contribution in [0.4, 0.5) is 5.69 Å². The lowest BCUT2D eigenvalue weighted by Crippen LogP contribution is -2.29. The number of amides is 2. The highest BCUT2D eigenvalue weighted by Crippen LogP contribution is 2.36. The Morgan fingerprint density at radius 2 is 2.19 bits per heavy atom. The largest absolute Gasteiger partial charge is 0.368 e. The molecule has 3 rings (SSSR count). The monoisotopic (exact) mass is 354 g/mol. The second-order valence-electron chi connectivity index (χ2n) is 6.46. The maximum atomic E-state index is 12.3. The minimum atomic E-state index is -0.406. The van der Waals surface area contributed by atoms with Crippen molar-refractivity contribution >= 4 is 17.5 Å². The molecule has 0 radical (unpaired) electrons. The second kappa shape index (κ2) is 8.11. The van der Waals surface area contributed by atoms with E-state index in [2.05, 4.69) is 26.8 Å². The van der Waals surface area contributed by atoms with Gasteiger partial charge in [-0.05, 0) is 31.0 Å². The predicted molar refractivity (Wildman–Crippen MR) is 96.6 cm³/mol. The van der Waals surface area contributed by atoms with Gasteiger partial charge in [-0.3, -0.25) is 9.59 Å². The minimum Gasteiger partial charge on any atom is -0.368 e. The van der Waals surface area contributed by atoms with E-state index in [0.29, 0.717) is 43.7 Å². The van der Waals surface area contributed by atoms with Gasteiger partial charge in [-0.25, -0.2) is 0 Å². The molecule has 1 aromatic rings. The first-order chi connectivity index (χ1) is 12.6. The molecule has 0 aliphatic carbocycles. The molecule has 1 fully saturated rings. The summed E-state index contributed by atoms with van der Waals surface area (Å²) in [6.07, 6.45) is 8.44. The number of nitrogens with zero attached hydrogens (tertiary/aromatic N) is 2. The second-order valence-corrected chi connectivity index (χ2v) is 6.46. The Labute approximate surface area is 152 Å². The molecule has 0 aromatic heterocycles. The standard InChI is InChI=1S/C19H22N4O3/c1-2-3-9-19(22-23-19)10-11-20-17(24)14-6-4-7-15(13-14)21-18(25)16-8-5-12-26-16/h1,4,6-7,13,16H,3,5,8-12H2,(H,20,24)(H,21,25). The molecule has 0 saturated carbocycles. The molecule has 7 heteroatoms. The molecule has 0 bridgehead atoms. The summed E-state index contributed by atoms with van der Waals surface area (Å²) in [7, 11) is 0. The number of carbonyl (C=O) groups excluding carboxylic acids is 2. The fourth-order valence-corrected chi connectivity index (χ4v) is 2.89. The zero-order chi connectivity index (χ0) is 18.4. The van der Waals surface area contributed by atoms with E-state index in [1.165, 1.54) is 0 Å². The van der Waals surface area contributed by atoms with Crippen LogP contribution in [0.15, 0.2) is 34.5 Å². The topological polar surface area (TPSA) is 92.2 Å². The van der Waals surface area contributed by atoms with Gasteiger partial charge in [0.2, 0.25) is 0 Å². The van der Waals surface area contributed by atoms with Crippen LogP contribution in [0.2, 0.25) is 0 Å². The number of ether oxygens (including phenoxy) is 1. The summed E-state index contributed by atoms with van der Waals surface area (Å²) < 4.78 is 5.36. The van der Waals surface area contributed by atoms with Gasteiger partial charge < -0.3 is 15.4 Å². The van der Waals surface area contributed by atoms with Crippen LogP contribution in [0, 0.1) is 12.3 Å². The molecule has 7 nitrogen and oxygen atoms in total. The number of terminal acetylenes is 1. The first kappa shape index (κ1) is 18.1. The van der Waals surface area contributed by atoms with Gasteiger partial charge in [-0.2, -0.15) is 10.2 Å². The van der Waals surface area contributed by atoms with E-state index in [1.54, 1.807) is 24.3 Å². The van der Waals surface area contributed by atoms with Crippen molar-refractivity contribution in [3.8, 4) is 12.3 Å². The molecule has 136 valence electrons. The van der Waals surface area contributed by atoms with Crippen LogP contribution in [0.5, 0.6) is 0 Å². The number of nitrogens with one attached hydrogen (secondary N) is 2. The van der Waals surface area contributed by atoms with Crippen molar-refractivity contribution < 1.29 is 14.3 Å². The van der Waals surface area contributed by atoms with Gasteiger partial charge in [0.25, 0.3) is 11.8 Å². The first-order valence-electron chi connectivity index (χ1n) is 8.80. The van der Waals surface area contributed by atoms with E-state index in [1.807, 2.05) is 0 Å². The number of hydrogen-bond donors (Lipinski definition) is 2. The van der Waals surface area contributed by atoms with Crippen LogP contribution in [-0.4, -0.2) is 36.7 Å². The van der Waals surface area contributed by atoms with Gasteiger partial charge in [0.15, 0.2) is 5.66 Å². The van der Waals surface area contributed by atoms with Crippen molar-refractivity contribution in [1.29, 1.82) is 0 Å². The molecule has 1 unspecified atom stereocenters. The van der Waals surface area contributed by atoms with E-state index in [9.17, 15) is 9.59 Å². The lowest BCUT2D eigenvalue weighted by Gasteiger charge is -2.12. The summed E-state index contributed by atoms with van der Waals surface area (Å²) >= 11 is 0. The predicted octanol–water partition coefficient (Wildman–Crippen LogP) is 2.50. The average Bonchev–Trinajstić information content (AvgIpc) is 3.19. The number of hydrogen-bond acceptors (Lipinski definition) is 5. The molecule has 1 saturated heterocycles. The lowest BCUT2D eigenvalue weighted by molar-refractivity contribution is -0.124. The van der Waals surface area contributed by atoms with Crippen LogP contribution < -0.4 is 10.6 Å². The Hall–Kier alpha value is -2.72. The molecule has 26 heavy (non-hydrogen) atoms. The maximum absolute atomic E-state index is 12.3. The number of benzene rings is 1. The van der Waals surface area contributed by atoms with Crippen molar-refractivity contribution in [2.45, 2.75) is 43.9 Å². The summed E-state index contributed by atoms with van der Waals surface area (Å²) in [5.74, 6) is 2.20. The van der Waals surface area contributed by atoms with Gasteiger partial charge >= 0.3 is 0 Å². The molecular formula is C19H22N4O3. The quantitative estimate of drug-likeness (QED) is 0.703. The lowest BCUT2D eigenvalue weighted by atomic mass is 10.0. The minimum absolute atomic E-state index is 0.174. The van der Waals surface area contributed by atoms with E-state index in [-0.39, 0.29) is 11.8 Å². The highest BCUT2D eigenvalue weighted by atomic mass is 16.5. The highest BCUT2D eigenvalue weighted by molar-refractivity contribution is 5.98. The molecule has 2 heterocycles. The van der Waals surface area contributed by atoms with E-state index < -0.39 is 11.8 Å². The van der Waals surface area contributed by atoms with E-state index in [4.69, 9.17) is 11.2 Å². The third-order valence-electron chi connectivity index (χ3n) is 4.48. The zero-order valence-corrected chi connectivity index (χ0v) is 14.5. The van der Waals surface area contributed by atoms with Crippen LogP contribution >= 0.6 is 0 Å². The van der Waals surface area contributed by atoms with Crippen molar-refractivity contribution in [1.82, 2.24) is 5.32 Å². The number of carbonyl (C=O) groups is 2. The fraction of sp³-hybridized carbons (Fsp3) is 0.474. The maximum Gasteiger partial charge on any atom is 0.253 e. The highest BCUT2D eigenvalue weighted by Gasteiger charge is 2.38. The summed E-state index contributed by atoms with van der Waals surface area (Å²) in [6.45, 7) is 1.07. The van der Waals surface area contributed by atoms with Crippen molar-refractivity contribution in [2.24, 2.45) is 10.2 Å². The molecule has 2 N–H and O–H groups in total. The Bertz CT molecular complexity index is 741. The van der Waals surface area contributed by atoms with Crippen LogP contribution in [0.1, 0.15) is 42.5 Å². The molecule has 1 atom stereocenters. The Kier molecular flexibility index (Phi) is 5.64. The van der Waals surface area contributed by atoms with Gasteiger partial charge in [-0.15, -0.1) is 12.3 Å². The number of anilines is 1. The average molecular weight is 354 g/mol. The molecular weight excluding hydrogens is 332 g/mol. The Balaban J connectivity index is 1.48. The smallest absolute Gasteiger partial charge is 0.253 e. The molecule has 1 aromatic carbocycles. The van der Waals surface area contributed by atoms with Gasteiger partial charge in [-0.1, -0.05) is 6.07 Å². The Morgan fingerprint density at radius 3 is 2.88 bits per heavy atom. The normalized spacial score (nSPS) is 19.6. The summed E-state index contributed by atoms with van der Waals surface area (Å²) in [4.78, 5) is 24.4. The van der Waals surface area contributed by atoms with Gasteiger partial charge in [0, 0.05) is 43.7 Å². The van der Waals surface area contributed by atoms with E-state index in [0.717, 1.165) is 12.8 Å². The Morgan fingerprint density at radius 1 is 1.35 bits per heavy atom. The van der Waals surface area contributed by atoms with Crippen LogP contribution in [-0.2, 0) is 9.53 Å². The van der Waals surface area contributed by atoms with E-state index >= 15 is 0 Å². The third kappa shape index (κ3) is 4.67. The van der Waals surface area contributed by atoms with Crippen molar-refractivity contribution in [3.63, 3.8) is 0 Å². The SMILES string of the molecule is C#CCCC1(CCNC(=O)c2cccc(NC(=O)C3CCCO3)c2)N=N1. The summed E-state index contributed by atoms with van der Waals surface area (Å²) in [6, 6.07) is 6.85. The molecule has 2 aliphatic heterocycles. The summed E-state index contributed by atoms with van der Waals surface area (Å²) in [5, 5.41) is 13.7. The van der Waals surface area contributed by atoms with Crippen LogP contribution in [0.3, 0.4) is 0 Å². The first-order valence-corrected chi connectivity index (χ1v) is 8.80. The van der Waals surface area contributed by atoms with Crippen LogP contribution in [0.25, 0.3) is 0 Å². The number of rotatable bonds is 8. The fourth-order valence-electron chi connectivity index (χ4n) is 2.89. The summed E-state index contributed by atoms with van der Waals surface area (Å²) in [5.41, 5.74) is 0.657. The molecule has 0 spiro atoms. The third-order valence-corrected chi connectivity index (χ3v) is 4.48.